The van der Waals surface area contributed by atoms with E-state index in [1.165, 1.54) is 0 Å². The van der Waals surface area contributed by atoms with Gasteiger partial charge in [-0.2, -0.15) is 0 Å². The first kappa shape index (κ1) is 9.49. The number of nitrogens with zero attached hydrogens (tertiary/aromatic N) is 2. The van der Waals surface area contributed by atoms with Crippen LogP contribution in [0.5, 0.6) is 0 Å². The van der Waals surface area contributed by atoms with Gasteiger partial charge in [-0.1, -0.05) is 6.07 Å². The lowest BCUT2D eigenvalue weighted by molar-refractivity contribution is 0.870. The van der Waals surface area contributed by atoms with Gasteiger partial charge in [-0.25, -0.2) is 4.85 Å². The Bertz CT molecular complexity index is 285. The molecule has 3 N–H and O–H groups in total. The molecule has 0 spiro atoms. The van der Waals surface area contributed by atoms with Crippen LogP contribution in [0.2, 0.25) is 0 Å². The molecule has 0 aliphatic rings. The van der Waals surface area contributed by atoms with Gasteiger partial charge in [-0.3, -0.25) is 4.98 Å². The molecule has 0 radical (unpaired) electrons. The predicted molar refractivity (Wildman–Crippen MR) is 52.7 cm³/mol. The minimum atomic E-state index is 0.560. The number of nitrogens with one attached hydrogen (secondary N) is 1. The summed E-state index contributed by atoms with van der Waals surface area (Å²) in [5.74, 6) is 0.792. The molecule has 0 saturated heterocycles. The second-order valence-electron chi connectivity index (χ2n) is 2.58. The lowest BCUT2D eigenvalue weighted by Gasteiger charge is -2.03. The standard InChI is InChI=1S/C9H12N4/c1-11-8-3-4-9(13-7-8)12-6-2-5-10/h3-4,7H,2,5-6,10H2,(H,12,13). The molecule has 68 valence electrons. The van der Waals surface area contributed by atoms with E-state index in [2.05, 4.69) is 15.1 Å². The summed E-state index contributed by atoms with van der Waals surface area (Å²) in [5, 5.41) is 3.10. The molecule has 4 heteroatoms. The Kier molecular flexibility index (Phi) is 3.74. The van der Waals surface area contributed by atoms with Gasteiger partial charge in [0.05, 0.1) is 6.57 Å². The van der Waals surface area contributed by atoms with Gasteiger partial charge in [-0.05, 0) is 19.0 Å². The molecule has 0 fully saturated rings. The lowest BCUT2D eigenvalue weighted by atomic mass is 10.4. The minimum Gasteiger partial charge on any atom is -0.370 e. The fourth-order valence-electron chi connectivity index (χ4n) is 0.875. The number of hydrogen-bond acceptors (Lipinski definition) is 3. The van der Waals surface area contributed by atoms with Crippen LogP contribution >= 0.6 is 0 Å². The predicted octanol–water partition coefficient (Wildman–Crippen LogP) is 1.39. The largest absolute Gasteiger partial charge is 0.370 e. The molecule has 0 aliphatic heterocycles. The fourth-order valence-corrected chi connectivity index (χ4v) is 0.875. The quantitative estimate of drug-likeness (QED) is 0.538. The zero-order valence-electron chi connectivity index (χ0n) is 7.33. The van der Waals surface area contributed by atoms with Crippen LogP contribution < -0.4 is 11.1 Å². The van der Waals surface area contributed by atoms with Gasteiger partial charge >= 0.3 is 0 Å². The van der Waals surface area contributed by atoms with Gasteiger partial charge in [-0.15, -0.1) is 0 Å². The van der Waals surface area contributed by atoms with Crippen molar-refractivity contribution in [1.29, 1.82) is 0 Å². The van der Waals surface area contributed by atoms with Crippen molar-refractivity contribution in [3.8, 4) is 0 Å². The summed E-state index contributed by atoms with van der Waals surface area (Å²) >= 11 is 0. The summed E-state index contributed by atoms with van der Waals surface area (Å²) in [4.78, 5) is 7.30. The summed E-state index contributed by atoms with van der Waals surface area (Å²) in [6, 6.07) is 3.54. The summed E-state index contributed by atoms with van der Waals surface area (Å²) in [7, 11) is 0. The molecule has 0 amide bonds. The SMILES string of the molecule is [C-]#[N+]c1ccc(NCCCN)nc1. The smallest absolute Gasteiger partial charge is 0.205 e. The monoisotopic (exact) mass is 176 g/mol. The van der Waals surface area contributed by atoms with Crippen LogP contribution in [-0.2, 0) is 0 Å². The highest BCUT2D eigenvalue weighted by molar-refractivity contribution is 5.47. The third-order valence-electron chi connectivity index (χ3n) is 1.56. The molecule has 1 rings (SSSR count). The van der Waals surface area contributed by atoms with Crippen molar-refractivity contribution in [1.82, 2.24) is 4.98 Å². The van der Waals surface area contributed by atoms with Crippen molar-refractivity contribution in [3.05, 3.63) is 29.7 Å². The van der Waals surface area contributed by atoms with Crippen molar-refractivity contribution in [3.63, 3.8) is 0 Å². The lowest BCUT2D eigenvalue weighted by Crippen LogP contribution is -2.08. The highest BCUT2D eigenvalue weighted by Gasteiger charge is 1.93. The molecule has 0 aromatic carbocycles. The first-order valence-corrected chi connectivity index (χ1v) is 4.14. The van der Waals surface area contributed by atoms with Crippen LogP contribution in [0.4, 0.5) is 11.5 Å². The number of rotatable bonds is 4. The average Bonchev–Trinajstić information content (AvgIpc) is 2.19. The molecule has 1 aromatic heterocycles. The van der Waals surface area contributed by atoms with E-state index in [9.17, 15) is 0 Å². The molecular formula is C9H12N4. The van der Waals surface area contributed by atoms with E-state index in [-0.39, 0.29) is 0 Å². The van der Waals surface area contributed by atoms with Gasteiger partial charge in [0.1, 0.15) is 5.82 Å². The molecule has 4 nitrogen and oxygen atoms in total. The zero-order chi connectivity index (χ0) is 9.52. The van der Waals surface area contributed by atoms with Gasteiger partial charge < -0.3 is 11.1 Å². The van der Waals surface area contributed by atoms with Gasteiger partial charge in [0, 0.05) is 12.7 Å². The van der Waals surface area contributed by atoms with Crippen LogP contribution in [0.25, 0.3) is 4.85 Å². The van der Waals surface area contributed by atoms with E-state index in [0.717, 1.165) is 18.8 Å². The molecule has 0 bridgehead atoms. The van der Waals surface area contributed by atoms with Gasteiger partial charge in [0.2, 0.25) is 5.69 Å². The van der Waals surface area contributed by atoms with Crippen LogP contribution in [0.15, 0.2) is 18.3 Å². The Morgan fingerprint density at radius 2 is 2.38 bits per heavy atom. The fraction of sp³-hybridized carbons (Fsp3) is 0.333. The third-order valence-corrected chi connectivity index (χ3v) is 1.56. The van der Waals surface area contributed by atoms with Crippen molar-refractivity contribution < 1.29 is 0 Å². The second-order valence-corrected chi connectivity index (χ2v) is 2.58. The van der Waals surface area contributed by atoms with E-state index in [1.807, 2.05) is 0 Å². The van der Waals surface area contributed by atoms with Crippen LogP contribution in [0.3, 0.4) is 0 Å². The van der Waals surface area contributed by atoms with E-state index >= 15 is 0 Å². The Labute approximate surface area is 77.6 Å². The number of pyridine rings is 1. The summed E-state index contributed by atoms with van der Waals surface area (Å²) in [6.45, 7) is 8.22. The summed E-state index contributed by atoms with van der Waals surface area (Å²) < 4.78 is 0. The van der Waals surface area contributed by atoms with E-state index in [4.69, 9.17) is 12.3 Å². The van der Waals surface area contributed by atoms with Crippen molar-refractivity contribution in [2.24, 2.45) is 5.73 Å². The molecule has 1 aromatic rings. The van der Waals surface area contributed by atoms with Crippen LogP contribution in [-0.4, -0.2) is 18.1 Å². The molecule has 0 unspecified atom stereocenters. The number of hydrogen-bond donors (Lipinski definition) is 2. The molecule has 13 heavy (non-hydrogen) atoms. The maximum atomic E-state index is 6.73. The van der Waals surface area contributed by atoms with Gasteiger partial charge in [0.25, 0.3) is 0 Å². The topological polar surface area (TPSA) is 55.3 Å². The highest BCUT2D eigenvalue weighted by Crippen LogP contribution is 2.11. The first-order valence-electron chi connectivity index (χ1n) is 4.14. The Balaban J connectivity index is 2.46. The third kappa shape index (κ3) is 3.09. The van der Waals surface area contributed by atoms with Crippen LogP contribution in [0, 0.1) is 6.57 Å². The molecule has 0 atom stereocenters. The summed E-state index contributed by atoms with van der Waals surface area (Å²) in [5.41, 5.74) is 5.90. The maximum Gasteiger partial charge on any atom is 0.205 e. The normalized spacial score (nSPS) is 9.23. The number of nitrogens with two attached hydrogens (primary N) is 1. The average molecular weight is 176 g/mol. The van der Waals surface area contributed by atoms with Crippen molar-refractivity contribution in [2.75, 3.05) is 18.4 Å². The van der Waals surface area contributed by atoms with Crippen LogP contribution in [0.1, 0.15) is 6.42 Å². The minimum absolute atomic E-state index is 0.560. The molecule has 1 heterocycles. The maximum absolute atomic E-state index is 6.73. The van der Waals surface area contributed by atoms with Gasteiger partial charge in [0.15, 0.2) is 0 Å². The molecule has 0 saturated carbocycles. The number of aromatic nitrogens is 1. The Morgan fingerprint density at radius 3 is 2.92 bits per heavy atom. The van der Waals surface area contributed by atoms with E-state index in [0.29, 0.717) is 12.2 Å². The first-order chi connectivity index (χ1) is 6.36. The zero-order valence-corrected chi connectivity index (χ0v) is 7.33. The number of anilines is 1. The van der Waals surface area contributed by atoms with E-state index in [1.54, 1.807) is 18.3 Å². The Hall–Kier alpha value is -1.60. The van der Waals surface area contributed by atoms with Crippen molar-refractivity contribution >= 4 is 11.5 Å². The highest BCUT2D eigenvalue weighted by atomic mass is 15.0. The molecular weight excluding hydrogens is 164 g/mol. The second kappa shape index (κ2) is 5.12. The summed E-state index contributed by atoms with van der Waals surface area (Å²) in [6.07, 6.45) is 2.48. The van der Waals surface area contributed by atoms with E-state index < -0.39 is 0 Å². The Morgan fingerprint density at radius 1 is 1.54 bits per heavy atom. The van der Waals surface area contributed by atoms with Crippen molar-refractivity contribution in [2.45, 2.75) is 6.42 Å². The molecule has 0 aliphatic carbocycles.